The largest absolute Gasteiger partial charge is 0.480 e. The molecule has 0 aliphatic carbocycles. The molecule has 3 rings (SSSR count). The molecular formula is C29H42N4O4. The van der Waals surface area contributed by atoms with Gasteiger partial charge >= 0.3 is 5.97 Å². The van der Waals surface area contributed by atoms with Crippen LogP contribution in [-0.2, 0) is 27.2 Å². The zero-order valence-electron chi connectivity index (χ0n) is 22.5. The number of carbonyl (C=O) groups is 2. The first-order valence-corrected chi connectivity index (χ1v) is 13.2. The minimum atomic E-state index is -1.01. The maximum atomic E-state index is 12.9. The number of aliphatic carboxylic acids is 1. The van der Waals surface area contributed by atoms with Gasteiger partial charge < -0.3 is 20.5 Å². The molecule has 37 heavy (non-hydrogen) atoms. The minimum Gasteiger partial charge on any atom is -0.480 e. The Balaban J connectivity index is 1.36. The van der Waals surface area contributed by atoms with Gasteiger partial charge in [-0.3, -0.25) is 9.69 Å². The Morgan fingerprint density at radius 1 is 1.35 bits per heavy atom. The molecule has 8 heteroatoms. The van der Waals surface area contributed by atoms with E-state index in [-0.39, 0.29) is 12.0 Å². The van der Waals surface area contributed by atoms with Crippen LogP contribution in [0.15, 0.2) is 48.6 Å². The van der Waals surface area contributed by atoms with Crippen molar-refractivity contribution in [3.8, 4) is 0 Å². The van der Waals surface area contributed by atoms with Crippen LogP contribution in [0.5, 0.6) is 0 Å². The smallest absolute Gasteiger partial charge is 0.326 e. The molecule has 8 nitrogen and oxygen atoms in total. The number of fused-ring (bicyclic) bond motifs is 1. The molecule has 3 N–H and O–H groups in total. The van der Waals surface area contributed by atoms with Crippen molar-refractivity contribution in [1.82, 2.24) is 15.2 Å². The Labute approximate surface area is 220 Å². The Kier molecular flexibility index (Phi) is 10.5. The zero-order chi connectivity index (χ0) is 26.8. The highest BCUT2D eigenvalue weighted by Crippen LogP contribution is 2.26. The normalized spacial score (nSPS) is 17.5. The molecule has 0 aromatic carbocycles. The molecule has 202 valence electrons. The third-order valence-corrected chi connectivity index (χ3v) is 6.89. The number of aromatic nitrogens is 1. The molecule has 0 bridgehead atoms. The van der Waals surface area contributed by atoms with Crippen molar-refractivity contribution in [3.63, 3.8) is 0 Å². The van der Waals surface area contributed by atoms with Crippen LogP contribution in [0.4, 0.5) is 5.82 Å². The van der Waals surface area contributed by atoms with Crippen LogP contribution in [-0.4, -0.2) is 71.8 Å². The minimum absolute atomic E-state index is 0.150. The van der Waals surface area contributed by atoms with E-state index in [1.165, 1.54) is 5.56 Å². The van der Waals surface area contributed by atoms with Crippen LogP contribution < -0.4 is 10.6 Å². The predicted octanol–water partition coefficient (Wildman–Crippen LogP) is 3.75. The third-order valence-electron chi connectivity index (χ3n) is 6.89. The molecule has 2 aliphatic rings. The number of nitrogens with zero attached hydrogens (tertiary/aromatic N) is 2. The first-order valence-electron chi connectivity index (χ1n) is 13.2. The average molecular weight is 511 g/mol. The van der Waals surface area contributed by atoms with Crippen LogP contribution in [0, 0.1) is 5.41 Å². The lowest BCUT2D eigenvalue weighted by molar-refractivity contribution is -0.144. The summed E-state index contributed by atoms with van der Waals surface area (Å²) in [5, 5.41) is 15.8. The van der Waals surface area contributed by atoms with Crippen molar-refractivity contribution in [2.45, 2.75) is 65.0 Å². The SMILES string of the molecule is C=C/C=C\C=C(/C)CC(C)(C)C(=O)N[C@@H](CCN1CC(OCCc2ccc3c(n2)NCCC3)C1)C(=O)O. The van der Waals surface area contributed by atoms with E-state index in [1.807, 2.05) is 39.0 Å². The second-order valence-corrected chi connectivity index (χ2v) is 10.7. The number of rotatable bonds is 14. The van der Waals surface area contributed by atoms with Crippen LogP contribution in [0.1, 0.15) is 51.3 Å². The number of nitrogens with one attached hydrogen (secondary N) is 2. The van der Waals surface area contributed by atoms with Crippen molar-refractivity contribution in [1.29, 1.82) is 0 Å². The van der Waals surface area contributed by atoms with E-state index in [4.69, 9.17) is 9.72 Å². The molecule has 2 aliphatic heterocycles. The van der Waals surface area contributed by atoms with Gasteiger partial charge in [0.15, 0.2) is 0 Å². The maximum absolute atomic E-state index is 12.9. The van der Waals surface area contributed by atoms with Crippen molar-refractivity contribution >= 4 is 17.7 Å². The first-order chi connectivity index (χ1) is 17.7. The fourth-order valence-corrected chi connectivity index (χ4v) is 4.71. The first kappa shape index (κ1) is 28.6. The molecule has 0 spiro atoms. The zero-order valence-corrected chi connectivity index (χ0v) is 22.5. The number of amides is 1. The number of hydrogen-bond donors (Lipinski definition) is 3. The summed E-state index contributed by atoms with van der Waals surface area (Å²) in [6, 6.07) is 3.33. The number of ether oxygens (including phenoxy) is 1. The monoisotopic (exact) mass is 510 g/mol. The summed E-state index contributed by atoms with van der Waals surface area (Å²) < 4.78 is 5.99. The van der Waals surface area contributed by atoms with Gasteiger partial charge in [-0.1, -0.05) is 56.4 Å². The quantitative estimate of drug-likeness (QED) is 0.328. The van der Waals surface area contributed by atoms with Crippen molar-refractivity contribution in [2.24, 2.45) is 5.41 Å². The number of likely N-dealkylation sites (tertiary alicyclic amines) is 1. The van der Waals surface area contributed by atoms with Gasteiger partial charge in [-0.25, -0.2) is 9.78 Å². The van der Waals surface area contributed by atoms with E-state index < -0.39 is 17.4 Å². The maximum Gasteiger partial charge on any atom is 0.326 e. The number of anilines is 1. The number of carbonyl (C=O) groups excluding carboxylic acids is 1. The highest BCUT2D eigenvalue weighted by atomic mass is 16.5. The third kappa shape index (κ3) is 8.83. The van der Waals surface area contributed by atoms with Crippen LogP contribution in [0.2, 0.25) is 0 Å². The number of pyridine rings is 1. The van der Waals surface area contributed by atoms with Gasteiger partial charge in [0.1, 0.15) is 11.9 Å². The lowest BCUT2D eigenvalue weighted by Crippen LogP contribution is -2.54. The van der Waals surface area contributed by atoms with Gasteiger partial charge in [0.2, 0.25) is 5.91 Å². The molecule has 1 atom stereocenters. The Morgan fingerprint density at radius 2 is 2.14 bits per heavy atom. The molecular weight excluding hydrogens is 468 g/mol. The van der Waals surface area contributed by atoms with Crippen molar-refractivity contribution in [2.75, 3.05) is 38.1 Å². The summed E-state index contributed by atoms with van der Waals surface area (Å²) in [7, 11) is 0. The van der Waals surface area contributed by atoms with Crippen molar-refractivity contribution in [3.05, 3.63) is 59.8 Å². The second kappa shape index (κ2) is 13.5. The lowest BCUT2D eigenvalue weighted by atomic mass is 9.84. The molecule has 1 aromatic heterocycles. The molecule has 0 unspecified atom stereocenters. The summed E-state index contributed by atoms with van der Waals surface area (Å²) in [5.74, 6) is -0.254. The lowest BCUT2D eigenvalue weighted by Gasteiger charge is -2.39. The molecule has 1 saturated heterocycles. The summed E-state index contributed by atoms with van der Waals surface area (Å²) in [6.45, 7) is 13.0. The fourth-order valence-electron chi connectivity index (χ4n) is 4.71. The molecule has 0 saturated carbocycles. The molecule has 1 amide bonds. The summed E-state index contributed by atoms with van der Waals surface area (Å²) in [6.07, 6.45) is 11.4. The summed E-state index contributed by atoms with van der Waals surface area (Å²) >= 11 is 0. The Morgan fingerprint density at radius 3 is 2.86 bits per heavy atom. The number of carboxylic acids is 1. The number of hydrogen-bond acceptors (Lipinski definition) is 6. The van der Waals surface area contributed by atoms with E-state index in [2.05, 4.69) is 34.2 Å². The Bertz CT molecular complexity index is 1010. The number of carboxylic acid groups (broad SMARTS) is 1. The van der Waals surface area contributed by atoms with Gasteiger partial charge in [0.05, 0.1) is 12.7 Å². The van der Waals surface area contributed by atoms with Crippen molar-refractivity contribution < 1.29 is 19.4 Å². The number of allylic oxidation sites excluding steroid dienone is 5. The molecule has 0 radical (unpaired) electrons. The van der Waals surface area contributed by atoms with Gasteiger partial charge in [-0.2, -0.15) is 0 Å². The molecule has 3 heterocycles. The van der Waals surface area contributed by atoms with Crippen LogP contribution in [0.25, 0.3) is 0 Å². The van der Waals surface area contributed by atoms with Gasteiger partial charge in [0.25, 0.3) is 0 Å². The standard InChI is InChI=1S/C29H42N4O4/c1-5-6-7-9-21(2)18-29(3,4)28(36)32-25(27(34)35)13-16-33-19-24(20-33)37-17-14-23-12-11-22-10-8-15-30-26(22)31-23/h5-7,9,11-12,24-25H,1,8,10,13-20H2,2-4H3,(H,30,31)(H,32,36)(H,34,35)/b7-6-,21-9+/t25-/m0/s1. The molecule has 1 aromatic rings. The van der Waals surface area contributed by atoms with E-state index in [0.717, 1.165) is 56.0 Å². The second-order valence-electron chi connectivity index (χ2n) is 10.7. The topological polar surface area (TPSA) is 104 Å². The Hall–Kier alpha value is -2.97. The number of aryl methyl sites for hydroxylation is 1. The summed E-state index contributed by atoms with van der Waals surface area (Å²) in [5.41, 5.74) is 2.64. The van der Waals surface area contributed by atoms with E-state index in [1.54, 1.807) is 6.08 Å². The van der Waals surface area contributed by atoms with Crippen LogP contribution >= 0.6 is 0 Å². The fraction of sp³-hybridized carbons (Fsp3) is 0.552. The predicted molar refractivity (Wildman–Crippen MR) is 147 cm³/mol. The van der Waals surface area contributed by atoms with E-state index in [0.29, 0.717) is 26.0 Å². The molecule has 1 fully saturated rings. The van der Waals surface area contributed by atoms with E-state index >= 15 is 0 Å². The highest BCUT2D eigenvalue weighted by molar-refractivity contribution is 5.87. The van der Waals surface area contributed by atoms with Gasteiger partial charge in [-0.15, -0.1) is 0 Å². The highest BCUT2D eigenvalue weighted by Gasteiger charge is 2.33. The summed E-state index contributed by atoms with van der Waals surface area (Å²) in [4.78, 5) is 31.5. The van der Waals surface area contributed by atoms with Gasteiger partial charge in [-0.05, 0) is 44.2 Å². The van der Waals surface area contributed by atoms with E-state index in [9.17, 15) is 14.7 Å². The van der Waals surface area contributed by atoms with Gasteiger partial charge in [0, 0.05) is 43.7 Å². The van der Waals surface area contributed by atoms with Crippen LogP contribution in [0.3, 0.4) is 0 Å². The average Bonchev–Trinajstić information content (AvgIpc) is 2.83.